The molecule has 8 heteroatoms. The van der Waals surface area contributed by atoms with Gasteiger partial charge in [0.2, 0.25) is 5.91 Å². The van der Waals surface area contributed by atoms with Crippen molar-refractivity contribution in [2.24, 2.45) is 5.92 Å². The van der Waals surface area contributed by atoms with Crippen LogP contribution in [0.2, 0.25) is 0 Å². The molecule has 168 valence electrons. The second kappa shape index (κ2) is 9.85. The van der Waals surface area contributed by atoms with Gasteiger partial charge in [0.15, 0.2) is 0 Å². The molecule has 0 bridgehead atoms. The van der Waals surface area contributed by atoms with Crippen molar-refractivity contribution < 1.29 is 23.5 Å². The van der Waals surface area contributed by atoms with E-state index in [1.54, 1.807) is 25.0 Å². The Hall–Kier alpha value is -3.03. The van der Waals surface area contributed by atoms with Crippen molar-refractivity contribution in [1.82, 2.24) is 15.2 Å². The Balaban J connectivity index is 1.49. The van der Waals surface area contributed by atoms with Crippen LogP contribution in [-0.2, 0) is 16.0 Å². The first-order chi connectivity index (χ1) is 14.8. The van der Waals surface area contributed by atoms with E-state index in [2.05, 4.69) is 10.3 Å². The number of carbonyl (C=O) groups excluding carboxylic acids is 3. The minimum atomic E-state index is -0.448. The Kier molecular flexibility index (Phi) is 7.20. The van der Waals surface area contributed by atoms with Gasteiger partial charge >= 0.3 is 5.97 Å². The fourth-order valence-electron chi connectivity index (χ4n) is 4.25. The third kappa shape index (κ3) is 5.37. The molecule has 0 spiro atoms. The SMILES string of the molecule is COC(=O)c1c(C)[nH]c(C(=O)N2CCC(CC(=O)N[C@@H](C)Cc3ccco3)CC2)c1C. The number of likely N-dealkylation sites (tertiary alicyclic amines) is 1. The molecular formula is C23H31N3O5. The van der Waals surface area contributed by atoms with E-state index in [0.717, 1.165) is 18.6 Å². The second-order valence-electron chi connectivity index (χ2n) is 8.31. The number of H-pyrrole nitrogens is 1. The molecule has 1 aliphatic rings. The third-order valence-electron chi connectivity index (χ3n) is 5.91. The summed E-state index contributed by atoms with van der Waals surface area (Å²) in [5.41, 5.74) is 2.09. The average molecular weight is 430 g/mol. The van der Waals surface area contributed by atoms with Gasteiger partial charge in [0.05, 0.1) is 18.9 Å². The molecule has 0 aromatic carbocycles. The zero-order valence-electron chi connectivity index (χ0n) is 18.6. The van der Waals surface area contributed by atoms with Crippen LogP contribution in [0, 0.1) is 19.8 Å². The molecule has 31 heavy (non-hydrogen) atoms. The summed E-state index contributed by atoms with van der Waals surface area (Å²) in [5.74, 6) is 0.561. The Morgan fingerprint density at radius 2 is 2.00 bits per heavy atom. The van der Waals surface area contributed by atoms with Crippen molar-refractivity contribution in [2.45, 2.75) is 52.5 Å². The third-order valence-corrected chi connectivity index (χ3v) is 5.91. The van der Waals surface area contributed by atoms with E-state index < -0.39 is 5.97 Å². The standard InChI is InChI=1S/C23H31N3O5/c1-14(12-18-6-5-11-31-18)24-19(27)13-17-7-9-26(10-8-17)22(28)21-15(2)20(16(3)25-21)23(29)30-4/h5-6,11,14,17,25H,7-10,12-13H2,1-4H3,(H,24,27)/t14-/m0/s1. The van der Waals surface area contributed by atoms with E-state index >= 15 is 0 Å². The number of aromatic nitrogens is 1. The minimum absolute atomic E-state index is 0.00316. The van der Waals surface area contributed by atoms with Crippen molar-refractivity contribution in [3.05, 3.63) is 46.7 Å². The van der Waals surface area contributed by atoms with E-state index in [-0.39, 0.29) is 23.8 Å². The van der Waals surface area contributed by atoms with Crippen molar-refractivity contribution in [3.8, 4) is 0 Å². The van der Waals surface area contributed by atoms with Gasteiger partial charge < -0.3 is 24.4 Å². The predicted molar refractivity (Wildman–Crippen MR) is 115 cm³/mol. The molecule has 2 N–H and O–H groups in total. The summed E-state index contributed by atoms with van der Waals surface area (Å²) in [6.45, 7) is 6.65. The van der Waals surface area contributed by atoms with Crippen LogP contribution in [0.1, 0.15) is 64.1 Å². The number of ether oxygens (including phenoxy) is 1. The van der Waals surface area contributed by atoms with Gasteiger partial charge in [-0.05, 0) is 57.2 Å². The lowest BCUT2D eigenvalue weighted by Gasteiger charge is -2.32. The number of hydrogen-bond acceptors (Lipinski definition) is 5. The zero-order valence-corrected chi connectivity index (χ0v) is 18.6. The van der Waals surface area contributed by atoms with E-state index in [0.29, 0.717) is 48.4 Å². The summed E-state index contributed by atoms with van der Waals surface area (Å²) in [6, 6.07) is 3.74. The molecule has 1 saturated heterocycles. The van der Waals surface area contributed by atoms with Gasteiger partial charge in [0, 0.05) is 37.7 Å². The Morgan fingerprint density at radius 3 is 2.61 bits per heavy atom. The number of aryl methyl sites for hydroxylation is 1. The predicted octanol–water partition coefficient (Wildman–Crippen LogP) is 3.00. The number of rotatable bonds is 7. The number of carbonyl (C=O) groups is 3. The molecule has 1 atom stereocenters. The summed E-state index contributed by atoms with van der Waals surface area (Å²) in [7, 11) is 1.33. The van der Waals surface area contributed by atoms with Gasteiger partial charge in [0.25, 0.3) is 5.91 Å². The minimum Gasteiger partial charge on any atom is -0.469 e. The molecule has 0 aliphatic carbocycles. The Bertz CT molecular complexity index is 923. The van der Waals surface area contributed by atoms with E-state index in [9.17, 15) is 14.4 Å². The van der Waals surface area contributed by atoms with Gasteiger partial charge in [-0.15, -0.1) is 0 Å². The molecule has 2 aromatic rings. The van der Waals surface area contributed by atoms with Gasteiger partial charge in [-0.1, -0.05) is 0 Å². The molecule has 0 saturated carbocycles. The maximum atomic E-state index is 13.0. The van der Waals surface area contributed by atoms with Crippen LogP contribution < -0.4 is 5.32 Å². The average Bonchev–Trinajstić information content (AvgIpc) is 3.34. The number of esters is 1. The highest BCUT2D eigenvalue weighted by atomic mass is 16.5. The highest BCUT2D eigenvalue weighted by Crippen LogP contribution is 2.25. The van der Waals surface area contributed by atoms with Crippen LogP contribution in [0.15, 0.2) is 22.8 Å². The highest BCUT2D eigenvalue weighted by Gasteiger charge is 2.29. The number of amides is 2. The topological polar surface area (TPSA) is 105 Å². The first kappa shape index (κ1) is 22.7. The second-order valence-corrected chi connectivity index (χ2v) is 8.31. The fraction of sp³-hybridized carbons (Fsp3) is 0.522. The summed E-state index contributed by atoms with van der Waals surface area (Å²) in [5, 5.41) is 3.03. The number of furan rings is 1. The molecular weight excluding hydrogens is 398 g/mol. The van der Waals surface area contributed by atoms with E-state index in [1.807, 2.05) is 19.1 Å². The lowest BCUT2D eigenvalue weighted by atomic mass is 9.92. The largest absolute Gasteiger partial charge is 0.469 e. The van der Waals surface area contributed by atoms with Crippen molar-refractivity contribution in [3.63, 3.8) is 0 Å². The van der Waals surface area contributed by atoms with Gasteiger partial charge in [-0.3, -0.25) is 9.59 Å². The summed E-state index contributed by atoms with van der Waals surface area (Å²) in [6.07, 6.45) is 4.29. The molecule has 3 heterocycles. The Morgan fingerprint density at radius 1 is 1.29 bits per heavy atom. The lowest BCUT2D eigenvalue weighted by Crippen LogP contribution is -2.41. The van der Waals surface area contributed by atoms with Gasteiger partial charge in [0.1, 0.15) is 11.5 Å². The summed E-state index contributed by atoms with van der Waals surface area (Å²) < 4.78 is 10.1. The van der Waals surface area contributed by atoms with E-state index in [4.69, 9.17) is 9.15 Å². The van der Waals surface area contributed by atoms with Crippen LogP contribution in [-0.4, -0.2) is 53.9 Å². The van der Waals surface area contributed by atoms with Gasteiger partial charge in [-0.25, -0.2) is 4.79 Å². The smallest absolute Gasteiger partial charge is 0.339 e. The maximum Gasteiger partial charge on any atom is 0.339 e. The van der Waals surface area contributed by atoms with Crippen LogP contribution >= 0.6 is 0 Å². The number of methoxy groups -OCH3 is 1. The van der Waals surface area contributed by atoms with Crippen molar-refractivity contribution in [2.75, 3.05) is 20.2 Å². The molecule has 3 rings (SSSR count). The Labute approximate surface area is 182 Å². The highest BCUT2D eigenvalue weighted by molar-refractivity contribution is 6.00. The first-order valence-corrected chi connectivity index (χ1v) is 10.7. The van der Waals surface area contributed by atoms with Crippen LogP contribution in [0.4, 0.5) is 0 Å². The molecule has 1 aliphatic heterocycles. The number of hydrogen-bond donors (Lipinski definition) is 2. The van der Waals surface area contributed by atoms with Crippen LogP contribution in [0.3, 0.4) is 0 Å². The lowest BCUT2D eigenvalue weighted by molar-refractivity contribution is -0.122. The summed E-state index contributed by atoms with van der Waals surface area (Å²) in [4.78, 5) is 42.2. The molecule has 0 unspecified atom stereocenters. The van der Waals surface area contributed by atoms with Crippen LogP contribution in [0.5, 0.6) is 0 Å². The first-order valence-electron chi connectivity index (χ1n) is 10.7. The van der Waals surface area contributed by atoms with Crippen LogP contribution in [0.25, 0.3) is 0 Å². The molecule has 2 aromatic heterocycles. The molecule has 2 amide bonds. The van der Waals surface area contributed by atoms with Gasteiger partial charge in [-0.2, -0.15) is 0 Å². The normalized spacial score (nSPS) is 15.5. The summed E-state index contributed by atoms with van der Waals surface area (Å²) >= 11 is 0. The zero-order chi connectivity index (χ0) is 22.5. The number of nitrogens with one attached hydrogen (secondary N) is 2. The molecule has 8 nitrogen and oxygen atoms in total. The monoisotopic (exact) mass is 429 g/mol. The molecule has 1 fully saturated rings. The van der Waals surface area contributed by atoms with Crippen molar-refractivity contribution in [1.29, 1.82) is 0 Å². The van der Waals surface area contributed by atoms with Crippen molar-refractivity contribution >= 4 is 17.8 Å². The fourth-order valence-corrected chi connectivity index (χ4v) is 4.25. The van der Waals surface area contributed by atoms with E-state index in [1.165, 1.54) is 7.11 Å². The number of aromatic amines is 1. The molecule has 0 radical (unpaired) electrons. The number of piperidine rings is 1. The number of nitrogens with zero attached hydrogens (tertiary/aromatic N) is 1. The maximum absolute atomic E-state index is 13.0. The quantitative estimate of drug-likeness (QED) is 0.659.